The molecular weight excluding hydrogens is 316 g/mol. The van der Waals surface area contributed by atoms with Gasteiger partial charge in [0, 0.05) is 29.5 Å². The second kappa shape index (κ2) is 8.76. The number of thiophene rings is 1. The van der Waals surface area contributed by atoms with Crippen molar-refractivity contribution in [3.8, 4) is 0 Å². The first-order valence-corrected chi connectivity index (χ1v) is 8.53. The molecule has 6 heteroatoms. The largest absolute Gasteiger partial charge is 0.356 e. The molecule has 0 saturated heterocycles. The van der Waals surface area contributed by atoms with Crippen LogP contribution >= 0.6 is 22.9 Å². The summed E-state index contributed by atoms with van der Waals surface area (Å²) in [4.78, 5) is 11.0. The SMILES string of the molecule is CCc1ccc(CNC(=NC)NCCc2ccc(Cl)nc2)s1. The maximum atomic E-state index is 5.78. The van der Waals surface area contributed by atoms with Gasteiger partial charge in [0.2, 0.25) is 0 Å². The molecular formula is C16H21ClN4S. The van der Waals surface area contributed by atoms with E-state index in [4.69, 9.17) is 11.6 Å². The van der Waals surface area contributed by atoms with Gasteiger partial charge in [-0.3, -0.25) is 4.99 Å². The Labute approximate surface area is 140 Å². The van der Waals surface area contributed by atoms with Crippen molar-refractivity contribution in [2.75, 3.05) is 13.6 Å². The van der Waals surface area contributed by atoms with E-state index in [2.05, 4.69) is 39.7 Å². The van der Waals surface area contributed by atoms with Crippen LogP contribution in [0.2, 0.25) is 5.15 Å². The van der Waals surface area contributed by atoms with Crippen molar-refractivity contribution in [1.82, 2.24) is 15.6 Å². The second-order valence-electron chi connectivity index (χ2n) is 4.81. The second-order valence-corrected chi connectivity index (χ2v) is 6.45. The Morgan fingerprint density at radius 3 is 2.68 bits per heavy atom. The Hall–Kier alpha value is -1.59. The summed E-state index contributed by atoms with van der Waals surface area (Å²) in [5.74, 6) is 0.813. The van der Waals surface area contributed by atoms with E-state index in [1.54, 1.807) is 13.2 Å². The lowest BCUT2D eigenvalue weighted by atomic mass is 10.2. The molecule has 2 N–H and O–H groups in total. The maximum absolute atomic E-state index is 5.78. The molecule has 0 saturated carbocycles. The molecule has 0 aliphatic rings. The van der Waals surface area contributed by atoms with Crippen molar-refractivity contribution < 1.29 is 0 Å². The van der Waals surface area contributed by atoms with Gasteiger partial charge in [-0.2, -0.15) is 0 Å². The van der Waals surface area contributed by atoms with Crippen LogP contribution in [0.25, 0.3) is 0 Å². The molecule has 2 aromatic rings. The third-order valence-electron chi connectivity index (χ3n) is 3.21. The van der Waals surface area contributed by atoms with E-state index < -0.39 is 0 Å². The van der Waals surface area contributed by atoms with Crippen molar-refractivity contribution in [2.24, 2.45) is 4.99 Å². The first-order chi connectivity index (χ1) is 10.7. The van der Waals surface area contributed by atoms with Gasteiger partial charge in [0.15, 0.2) is 5.96 Å². The molecule has 22 heavy (non-hydrogen) atoms. The van der Waals surface area contributed by atoms with E-state index >= 15 is 0 Å². The van der Waals surface area contributed by atoms with Crippen molar-refractivity contribution in [1.29, 1.82) is 0 Å². The Balaban J connectivity index is 1.74. The maximum Gasteiger partial charge on any atom is 0.191 e. The summed E-state index contributed by atoms with van der Waals surface area (Å²) in [6.45, 7) is 3.77. The minimum Gasteiger partial charge on any atom is -0.356 e. The predicted molar refractivity (Wildman–Crippen MR) is 94.8 cm³/mol. The Bertz CT molecular complexity index is 607. The molecule has 0 aromatic carbocycles. The highest BCUT2D eigenvalue weighted by Gasteiger charge is 2.01. The van der Waals surface area contributed by atoms with Crippen LogP contribution < -0.4 is 10.6 Å². The molecule has 0 radical (unpaired) electrons. The van der Waals surface area contributed by atoms with Crippen LogP contribution in [0, 0.1) is 0 Å². The lowest BCUT2D eigenvalue weighted by molar-refractivity contribution is 0.797. The highest BCUT2D eigenvalue weighted by Crippen LogP contribution is 2.16. The first kappa shape index (κ1) is 16.8. The third-order valence-corrected chi connectivity index (χ3v) is 4.67. The summed E-state index contributed by atoms with van der Waals surface area (Å²) < 4.78 is 0. The van der Waals surface area contributed by atoms with E-state index in [9.17, 15) is 0 Å². The summed E-state index contributed by atoms with van der Waals surface area (Å²) in [6, 6.07) is 8.16. The summed E-state index contributed by atoms with van der Waals surface area (Å²) >= 11 is 7.62. The number of nitrogens with zero attached hydrogens (tertiary/aromatic N) is 2. The molecule has 0 fully saturated rings. The third kappa shape index (κ3) is 5.31. The van der Waals surface area contributed by atoms with Crippen LogP contribution in [0.1, 0.15) is 22.2 Å². The van der Waals surface area contributed by atoms with Crippen LogP contribution in [0.5, 0.6) is 0 Å². The van der Waals surface area contributed by atoms with E-state index in [1.807, 2.05) is 23.5 Å². The van der Waals surface area contributed by atoms with Crippen molar-refractivity contribution >= 4 is 28.9 Å². The zero-order valence-corrected chi connectivity index (χ0v) is 14.5. The first-order valence-electron chi connectivity index (χ1n) is 7.33. The number of aryl methyl sites for hydroxylation is 1. The molecule has 0 spiro atoms. The number of pyridine rings is 1. The van der Waals surface area contributed by atoms with Crippen LogP contribution in [-0.2, 0) is 19.4 Å². The fraction of sp³-hybridized carbons (Fsp3) is 0.375. The van der Waals surface area contributed by atoms with Crippen LogP contribution in [-0.4, -0.2) is 24.5 Å². The molecule has 0 unspecified atom stereocenters. The van der Waals surface area contributed by atoms with Gasteiger partial charge >= 0.3 is 0 Å². The lowest BCUT2D eigenvalue weighted by Gasteiger charge is -2.11. The summed E-state index contributed by atoms with van der Waals surface area (Å²) in [5.41, 5.74) is 1.15. The molecule has 2 aromatic heterocycles. The number of aromatic nitrogens is 1. The minimum atomic E-state index is 0.525. The van der Waals surface area contributed by atoms with E-state index in [1.165, 1.54) is 9.75 Å². The van der Waals surface area contributed by atoms with Gasteiger partial charge in [-0.05, 0) is 36.6 Å². The number of halogens is 1. The normalized spacial score (nSPS) is 11.5. The molecule has 2 rings (SSSR count). The highest BCUT2D eigenvalue weighted by atomic mass is 35.5. The quantitative estimate of drug-likeness (QED) is 0.483. The number of aliphatic imine (C=N–C) groups is 1. The lowest BCUT2D eigenvalue weighted by Crippen LogP contribution is -2.37. The van der Waals surface area contributed by atoms with Gasteiger partial charge in [-0.1, -0.05) is 24.6 Å². The Kier molecular flexibility index (Phi) is 6.68. The van der Waals surface area contributed by atoms with Crippen molar-refractivity contribution in [3.05, 3.63) is 50.9 Å². The van der Waals surface area contributed by atoms with Gasteiger partial charge in [0.1, 0.15) is 5.15 Å². The fourth-order valence-corrected chi connectivity index (χ4v) is 2.99. The Morgan fingerprint density at radius 1 is 1.23 bits per heavy atom. The zero-order chi connectivity index (χ0) is 15.8. The van der Waals surface area contributed by atoms with E-state index in [0.29, 0.717) is 5.15 Å². The van der Waals surface area contributed by atoms with E-state index in [0.717, 1.165) is 37.5 Å². The van der Waals surface area contributed by atoms with Crippen LogP contribution in [0.4, 0.5) is 0 Å². The van der Waals surface area contributed by atoms with Gasteiger partial charge in [-0.25, -0.2) is 4.98 Å². The van der Waals surface area contributed by atoms with Crippen molar-refractivity contribution in [3.63, 3.8) is 0 Å². The minimum absolute atomic E-state index is 0.525. The van der Waals surface area contributed by atoms with Gasteiger partial charge in [0.25, 0.3) is 0 Å². The summed E-state index contributed by atoms with van der Waals surface area (Å²) in [5, 5.41) is 7.16. The number of nitrogens with one attached hydrogen (secondary N) is 2. The molecule has 4 nitrogen and oxygen atoms in total. The summed E-state index contributed by atoms with van der Waals surface area (Å²) in [6.07, 6.45) is 3.77. The topological polar surface area (TPSA) is 49.3 Å². The molecule has 0 amide bonds. The molecule has 0 aliphatic heterocycles. The zero-order valence-electron chi connectivity index (χ0n) is 12.9. The van der Waals surface area contributed by atoms with Crippen LogP contribution in [0.15, 0.2) is 35.5 Å². The molecule has 2 heterocycles. The van der Waals surface area contributed by atoms with Crippen LogP contribution in [0.3, 0.4) is 0 Å². The molecule has 0 atom stereocenters. The summed E-state index contributed by atoms with van der Waals surface area (Å²) in [7, 11) is 1.78. The smallest absolute Gasteiger partial charge is 0.191 e. The van der Waals surface area contributed by atoms with Gasteiger partial charge in [0.05, 0.1) is 6.54 Å². The number of hydrogen-bond acceptors (Lipinski definition) is 3. The number of rotatable bonds is 6. The van der Waals surface area contributed by atoms with E-state index in [-0.39, 0.29) is 0 Å². The highest BCUT2D eigenvalue weighted by molar-refractivity contribution is 7.11. The molecule has 118 valence electrons. The fourth-order valence-electron chi connectivity index (χ4n) is 1.98. The average molecular weight is 337 g/mol. The van der Waals surface area contributed by atoms with Gasteiger partial charge < -0.3 is 10.6 Å². The van der Waals surface area contributed by atoms with Gasteiger partial charge in [-0.15, -0.1) is 11.3 Å². The standard InChI is InChI=1S/C16H21ClN4S/c1-3-13-5-6-14(22-13)11-21-16(18-2)19-9-8-12-4-7-15(17)20-10-12/h4-7,10H,3,8-9,11H2,1-2H3,(H2,18,19,21). The average Bonchev–Trinajstić information content (AvgIpc) is 3.00. The van der Waals surface area contributed by atoms with Crippen molar-refractivity contribution in [2.45, 2.75) is 26.3 Å². The number of hydrogen-bond donors (Lipinski definition) is 2. The molecule has 0 aliphatic carbocycles. The predicted octanol–water partition coefficient (Wildman–Crippen LogP) is 3.27. The Morgan fingerprint density at radius 2 is 2.05 bits per heavy atom. The molecule has 0 bridgehead atoms. The monoisotopic (exact) mass is 336 g/mol. The number of guanidine groups is 1.